The average molecular weight is 157 g/mol. The zero-order valence-corrected chi connectivity index (χ0v) is 6.71. The molecule has 2 aliphatic heterocycles. The largest absolute Gasteiger partial charge is 0.375 e. The zero-order chi connectivity index (χ0) is 7.52. The number of morpholine rings is 1. The fraction of sp³-hybridized carbons (Fsp3) is 1.00. The first kappa shape index (κ1) is 7.53. The predicted octanol–water partition coefficient (Wildman–Crippen LogP) is 0.154. The van der Waals surface area contributed by atoms with Gasteiger partial charge in [-0.3, -0.25) is 0 Å². The minimum Gasteiger partial charge on any atom is -0.375 e. The van der Waals surface area contributed by atoms with E-state index in [0.717, 1.165) is 26.3 Å². The third kappa shape index (κ3) is 1.72. The third-order valence-corrected chi connectivity index (χ3v) is 2.34. The number of nitrogens with one attached hydrogen (secondary N) is 1. The molecule has 0 unspecified atom stereocenters. The first-order valence-electron chi connectivity index (χ1n) is 4.41. The summed E-state index contributed by atoms with van der Waals surface area (Å²) in [7, 11) is 0. The van der Waals surface area contributed by atoms with Gasteiger partial charge in [-0.2, -0.15) is 0 Å². The lowest BCUT2D eigenvalue weighted by Gasteiger charge is -2.27. The fourth-order valence-corrected chi connectivity index (χ4v) is 1.72. The van der Waals surface area contributed by atoms with E-state index in [1.165, 1.54) is 12.8 Å². The lowest BCUT2D eigenvalue weighted by molar-refractivity contribution is -0.0612. The Balaban J connectivity index is 1.82. The van der Waals surface area contributed by atoms with Crippen molar-refractivity contribution < 1.29 is 9.47 Å². The second kappa shape index (κ2) is 3.52. The van der Waals surface area contributed by atoms with Crippen molar-refractivity contribution in [1.82, 2.24) is 5.32 Å². The van der Waals surface area contributed by atoms with Crippen LogP contribution in [-0.4, -0.2) is 38.5 Å². The molecule has 0 amide bonds. The summed E-state index contributed by atoms with van der Waals surface area (Å²) in [6, 6.07) is 0. The molecule has 0 spiro atoms. The minimum atomic E-state index is 0.311. The summed E-state index contributed by atoms with van der Waals surface area (Å²) in [5, 5.41) is 3.31. The predicted molar refractivity (Wildman–Crippen MR) is 41.6 cm³/mol. The molecule has 2 heterocycles. The van der Waals surface area contributed by atoms with Gasteiger partial charge in [0.1, 0.15) is 0 Å². The van der Waals surface area contributed by atoms with E-state index < -0.39 is 0 Å². The minimum absolute atomic E-state index is 0.311. The van der Waals surface area contributed by atoms with Crippen LogP contribution >= 0.6 is 0 Å². The molecule has 0 aromatic rings. The van der Waals surface area contributed by atoms with Crippen molar-refractivity contribution in [3.05, 3.63) is 0 Å². The van der Waals surface area contributed by atoms with Crippen molar-refractivity contribution in [1.29, 1.82) is 0 Å². The molecule has 3 nitrogen and oxygen atoms in total. The number of rotatable bonds is 1. The van der Waals surface area contributed by atoms with Crippen LogP contribution in [0.4, 0.5) is 0 Å². The second-order valence-electron chi connectivity index (χ2n) is 3.16. The first-order valence-corrected chi connectivity index (χ1v) is 4.41. The maximum atomic E-state index is 5.57. The van der Waals surface area contributed by atoms with E-state index in [1.54, 1.807) is 0 Å². The molecule has 2 rings (SSSR count). The molecule has 0 aliphatic carbocycles. The molecule has 0 bridgehead atoms. The van der Waals surface area contributed by atoms with Gasteiger partial charge in [-0.1, -0.05) is 0 Å². The lowest BCUT2D eigenvalue weighted by atomic mass is 10.1. The Morgan fingerprint density at radius 1 is 1.09 bits per heavy atom. The summed E-state index contributed by atoms with van der Waals surface area (Å²) in [6.45, 7) is 3.71. The smallest absolute Gasteiger partial charge is 0.0961 e. The highest BCUT2D eigenvalue weighted by atomic mass is 16.5. The Morgan fingerprint density at radius 2 is 2.00 bits per heavy atom. The highest BCUT2D eigenvalue weighted by Gasteiger charge is 2.27. The van der Waals surface area contributed by atoms with Crippen LogP contribution in [-0.2, 0) is 9.47 Å². The van der Waals surface area contributed by atoms with Crippen molar-refractivity contribution in [2.24, 2.45) is 0 Å². The van der Waals surface area contributed by atoms with Crippen LogP contribution in [0.2, 0.25) is 0 Å². The Kier molecular flexibility index (Phi) is 2.41. The van der Waals surface area contributed by atoms with E-state index in [0.29, 0.717) is 12.2 Å². The fourth-order valence-electron chi connectivity index (χ4n) is 1.72. The van der Waals surface area contributed by atoms with Gasteiger partial charge < -0.3 is 14.8 Å². The van der Waals surface area contributed by atoms with Crippen molar-refractivity contribution in [2.75, 3.05) is 26.3 Å². The average Bonchev–Trinajstić information content (AvgIpc) is 2.58. The Bertz CT molecular complexity index is 117. The van der Waals surface area contributed by atoms with Crippen molar-refractivity contribution in [3.8, 4) is 0 Å². The monoisotopic (exact) mass is 157 g/mol. The van der Waals surface area contributed by atoms with Crippen molar-refractivity contribution >= 4 is 0 Å². The van der Waals surface area contributed by atoms with Gasteiger partial charge in [-0.25, -0.2) is 0 Å². The quantitative estimate of drug-likeness (QED) is 0.588. The maximum absolute atomic E-state index is 5.57. The molecule has 11 heavy (non-hydrogen) atoms. The summed E-state index contributed by atoms with van der Waals surface area (Å²) in [5.74, 6) is 0. The van der Waals surface area contributed by atoms with Crippen LogP contribution in [0.1, 0.15) is 12.8 Å². The number of hydrogen-bond acceptors (Lipinski definition) is 3. The van der Waals surface area contributed by atoms with E-state index in [1.807, 2.05) is 0 Å². The van der Waals surface area contributed by atoms with Crippen LogP contribution in [0.15, 0.2) is 0 Å². The molecule has 2 aliphatic rings. The molecule has 2 atom stereocenters. The summed E-state index contributed by atoms with van der Waals surface area (Å²) >= 11 is 0. The molecule has 64 valence electrons. The van der Waals surface area contributed by atoms with E-state index >= 15 is 0 Å². The molecule has 2 saturated heterocycles. The van der Waals surface area contributed by atoms with Crippen molar-refractivity contribution in [2.45, 2.75) is 25.0 Å². The number of hydrogen-bond donors (Lipinski definition) is 1. The van der Waals surface area contributed by atoms with Crippen LogP contribution in [0.5, 0.6) is 0 Å². The maximum Gasteiger partial charge on any atom is 0.0961 e. The lowest BCUT2D eigenvalue weighted by Crippen LogP contribution is -2.44. The number of ether oxygens (including phenoxy) is 2. The SMILES string of the molecule is C1CO[C@H]([C@H]2CNCCO2)C1. The van der Waals surface area contributed by atoms with Gasteiger partial charge >= 0.3 is 0 Å². The Hall–Kier alpha value is -0.120. The highest BCUT2D eigenvalue weighted by Crippen LogP contribution is 2.18. The second-order valence-corrected chi connectivity index (χ2v) is 3.16. The molecular formula is C8H15NO2. The standard InChI is InChI=1S/C8H15NO2/c1-2-7(10-4-1)8-6-9-3-5-11-8/h7-9H,1-6H2/t7-,8+/m0/s1. The molecule has 0 radical (unpaired) electrons. The molecule has 1 N–H and O–H groups in total. The molecule has 2 fully saturated rings. The first-order chi connectivity index (χ1) is 5.47. The topological polar surface area (TPSA) is 30.5 Å². The zero-order valence-electron chi connectivity index (χ0n) is 6.71. The Morgan fingerprint density at radius 3 is 2.64 bits per heavy atom. The van der Waals surface area contributed by atoms with Gasteiger partial charge in [0.25, 0.3) is 0 Å². The van der Waals surface area contributed by atoms with E-state index in [2.05, 4.69) is 5.32 Å². The van der Waals surface area contributed by atoms with Gasteiger partial charge in [0.05, 0.1) is 18.8 Å². The van der Waals surface area contributed by atoms with Crippen LogP contribution < -0.4 is 5.32 Å². The van der Waals surface area contributed by atoms with Gasteiger partial charge in [0.2, 0.25) is 0 Å². The van der Waals surface area contributed by atoms with Crippen LogP contribution in [0.3, 0.4) is 0 Å². The third-order valence-electron chi connectivity index (χ3n) is 2.34. The van der Waals surface area contributed by atoms with Gasteiger partial charge in [0.15, 0.2) is 0 Å². The normalized spacial score (nSPS) is 39.3. The molecule has 0 aromatic carbocycles. The van der Waals surface area contributed by atoms with E-state index in [4.69, 9.17) is 9.47 Å². The van der Waals surface area contributed by atoms with Gasteiger partial charge in [0, 0.05) is 19.7 Å². The molecular weight excluding hydrogens is 142 g/mol. The van der Waals surface area contributed by atoms with Crippen molar-refractivity contribution in [3.63, 3.8) is 0 Å². The van der Waals surface area contributed by atoms with Crippen LogP contribution in [0, 0.1) is 0 Å². The molecule has 3 heteroatoms. The molecule has 0 saturated carbocycles. The van der Waals surface area contributed by atoms with Gasteiger partial charge in [-0.15, -0.1) is 0 Å². The Labute approximate surface area is 67.1 Å². The van der Waals surface area contributed by atoms with Crippen LogP contribution in [0.25, 0.3) is 0 Å². The van der Waals surface area contributed by atoms with E-state index in [9.17, 15) is 0 Å². The summed E-state index contributed by atoms with van der Waals surface area (Å²) in [5.41, 5.74) is 0. The highest BCUT2D eigenvalue weighted by molar-refractivity contribution is 4.79. The summed E-state index contributed by atoms with van der Waals surface area (Å²) in [4.78, 5) is 0. The molecule has 0 aromatic heterocycles. The van der Waals surface area contributed by atoms with E-state index in [-0.39, 0.29) is 0 Å². The van der Waals surface area contributed by atoms with Gasteiger partial charge in [-0.05, 0) is 12.8 Å². The summed E-state index contributed by atoms with van der Waals surface area (Å²) < 4.78 is 11.1. The summed E-state index contributed by atoms with van der Waals surface area (Å²) in [6.07, 6.45) is 3.05.